The first-order chi connectivity index (χ1) is 8.34. The maximum Gasteiger partial charge on any atom is 0.136 e. The molecular formula is C14H15N3. The molecule has 3 rings (SSSR count). The molecule has 0 aliphatic carbocycles. The SMILES string of the molecule is Cc1ccc2c(c1)CCCN2c1ccncn1. The third kappa shape index (κ3) is 1.88. The lowest BCUT2D eigenvalue weighted by atomic mass is 9.99. The molecule has 1 aliphatic rings. The summed E-state index contributed by atoms with van der Waals surface area (Å²) in [6.45, 7) is 3.18. The number of anilines is 2. The van der Waals surface area contributed by atoms with Crippen molar-refractivity contribution >= 4 is 11.5 Å². The van der Waals surface area contributed by atoms with Gasteiger partial charge >= 0.3 is 0 Å². The van der Waals surface area contributed by atoms with E-state index in [9.17, 15) is 0 Å². The summed E-state index contributed by atoms with van der Waals surface area (Å²) in [5, 5.41) is 0. The maximum absolute atomic E-state index is 4.34. The first-order valence-electron chi connectivity index (χ1n) is 5.98. The van der Waals surface area contributed by atoms with E-state index in [0.717, 1.165) is 12.4 Å². The van der Waals surface area contributed by atoms with Crippen LogP contribution in [0.3, 0.4) is 0 Å². The molecule has 0 amide bonds. The Morgan fingerprint density at radius 2 is 2.18 bits per heavy atom. The zero-order valence-electron chi connectivity index (χ0n) is 9.93. The molecule has 0 bridgehead atoms. The number of aromatic nitrogens is 2. The summed E-state index contributed by atoms with van der Waals surface area (Å²) in [4.78, 5) is 10.6. The van der Waals surface area contributed by atoms with Crippen molar-refractivity contribution < 1.29 is 0 Å². The quantitative estimate of drug-likeness (QED) is 0.747. The summed E-state index contributed by atoms with van der Waals surface area (Å²) in [6.07, 6.45) is 5.75. The molecule has 1 aliphatic heterocycles. The van der Waals surface area contributed by atoms with Crippen molar-refractivity contribution in [1.82, 2.24) is 9.97 Å². The molecule has 0 saturated heterocycles. The zero-order chi connectivity index (χ0) is 11.7. The number of hydrogen-bond donors (Lipinski definition) is 0. The molecule has 1 aromatic heterocycles. The Bertz CT molecular complexity index is 522. The minimum atomic E-state index is 0.991. The summed E-state index contributed by atoms with van der Waals surface area (Å²) >= 11 is 0. The van der Waals surface area contributed by atoms with E-state index in [1.54, 1.807) is 12.5 Å². The minimum Gasteiger partial charge on any atom is -0.326 e. The molecule has 0 fully saturated rings. The van der Waals surface area contributed by atoms with E-state index in [4.69, 9.17) is 0 Å². The monoisotopic (exact) mass is 225 g/mol. The average Bonchev–Trinajstić information content (AvgIpc) is 2.39. The van der Waals surface area contributed by atoms with Gasteiger partial charge in [-0.3, -0.25) is 0 Å². The molecule has 1 aromatic carbocycles. The first-order valence-corrected chi connectivity index (χ1v) is 5.98. The Hall–Kier alpha value is -1.90. The summed E-state index contributed by atoms with van der Waals surface area (Å²) in [5.74, 6) is 0.991. The molecule has 86 valence electrons. The van der Waals surface area contributed by atoms with Crippen molar-refractivity contribution in [3.63, 3.8) is 0 Å². The molecule has 0 spiro atoms. The molecule has 0 radical (unpaired) electrons. The van der Waals surface area contributed by atoms with Crippen LogP contribution in [0.2, 0.25) is 0 Å². The van der Waals surface area contributed by atoms with Gasteiger partial charge in [0.05, 0.1) is 0 Å². The number of benzene rings is 1. The molecule has 3 heteroatoms. The Balaban J connectivity index is 2.06. The topological polar surface area (TPSA) is 29.0 Å². The van der Waals surface area contributed by atoms with Gasteiger partial charge < -0.3 is 4.90 Å². The third-order valence-corrected chi connectivity index (χ3v) is 3.20. The second-order valence-corrected chi connectivity index (χ2v) is 4.45. The van der Waals surface area contributed by atoms with Gasteiger partial charge in [-0.15, -0.1) is 0 Å². The lowest BCUT2D eigenvalue weighted by Gasteiger charge is -2.30. The third-order valence-electron chi connectivity index (χ3n) is 3.20. The van der Waals surface area contributed by atoms with E-state index < -0.39 is 0 Å². The molecule has 0 unspecified atom stereocenters. The van der Waals surface area contributed by atoms with E-state index in [1.165, 1.54) is 29.7 Å². The van der Waals surface area contributed by atoms with Crippen LogP contribution in [-0.4, -0.2) is 16.5 Å². The van der Waals surface area contributed by atoms with Crippen LogP contribution in [0.5, 0.6) is 0 Å². The second-order valence-electron chi connectivity index (χ2n) is 4.45. The molecule has 0 N–H and O–H groups in total. The van der Waals surface area contributed by atoms with E-state index in [2.05, 4.69) is 40.0 Å². The van der Waals surface area contributed by atoms with Gasteiger partial charge in [-0.2, -0.15) is 0 Å². The highest BCUT2D eigenvalue weighted by Gasteiger charge is 2.18. The van der Waals surface area contributed by atoms with Crippen LogP contribution in [0.4, 0.5) is 11.5 Å². The summed E-state index contributed by atoms with van der Waals surface area (Å²) in [5.41, 5.74) is 4.05. The van der Waals surface area contributed by atoms with Crippen LogP contribution in [0.15, 0.2) is 36.8 Å². The molecule has 0 saturated carbocycles. The van der Waals surface area contributed by atoms with Gasteiger partial charge in [-0.1, -0.05) is 17.7 Å². The fourth-order valence-corrected chi connectivity index (χ4v) is 2.41. The zero-order valence-corrected chi connectivity index (χ0v) is 9.93. The minimum absolute atomic E-state index is 0.991. The highest BCUT2D eigenvalue weighted by molar-refractivity contribution is 5.65. The molecule has 2 heterocycles. The van der Waals surface area contributed by atoms with Gasteiger partial charge in [0, 0.05) is 18.4 Å². The van der Waals surface area contributed by atoms with Crippen LogP contribution in [-0.2, 0) is 6.42 Å². The largest absolute Gasteiger partial charge is 0.326 e. The van der Waals surface area contributed by atoms with Gasteiger partial charge in [0.1, 0.15) is 12.1 Å². The fraction of sp³-hybridized carbons (Fsp3) is 0.286. The number of aryl methyl sites for hydroxylation is 2. The predicted molar refractivity (Wildman–Crippen MR) is 68.5 cm³/mol. The molecule has 17 heavy (non-hydrogen) atoms. The van der Waals surface area contributed by atoms with Crippen LogP contribution in [0.25, 0.3) is 0 Å². The van der Waals surface area contributed by atoms with Gasteiger partial charge in [0.15, 0.2) is 0 Å². The highest BCUT2D eigenvalue weighted by atomic mass is 15.2. The Kier molecular flexibility index (Phi) is 2.52. The van der Waals surface area contributed by atoms with Gasteiger partial charge in [0.25, 0.3) is 0 Å². The van der Waals surface area contributed by atoms with Gasteiger partial charge in [-0.25, -0.2) is 9.97 Å². The lowest BCUT2D eigenvalue weighted by molar-refractivity contribution is 0.757. The van der Waals surface area contributed by atoms with Gasteiger partial charge in [0.2, 0.25) is 0 Å². The average molecular weight is 225 g/mol. The predicted octanol–water partition coefficient (Wildman–Crippen LogP) is 2.87. The number of hydrogen-bond acceptors (Lipinski definition) is 3. The first kappa shape index (κ1) is 10.3. The summed E-state index contributed by atoms with van der Waals surface area (Å²) in [6, 6.07) is 8.61. The van der Waals surface area contributed by atoms with Crippen LogP contribution in [0.1, 0.15) is 17.5 Å². The van der Waals surface area contributed by atoms with E-state index in [1.807, 2.05) is 6.07 Å². The smallest absolute Gasteiger partial charge is 0.136 e. The van der Waals surface area contributed by atoms with Gasteiger partial charge in [-0.05, 0) is 37.5 Å². The fourth-order valence-electron chi connectivity index (χ4n) is 2.41. The standard InChI is InChI=1S/C14H15N3/c1-11-4-5-13-12(9-11)3-2-8-17(13)14-6-7-15-10-16-14/h4-7,9-10H,2-3,8H2,1H3. The van der Waals surface area contributed by atoms with Crippen molar-refractivity contribution in [1.29, 1.82) is 0 Å². The van der Waals surface area contributed by atoms with Crippen molar-refractivity contribution in [3.05, 3.63) is 47.9 Å². The lowest BCUT2D eigenvalue weighted by Crippen LogP contribution is -2.25. The van der Waals surface area contributed by atoms with E-state index in [0.29, 0.717) is 0 Å². The van der Waals surface area contributed by atoms with E-state index in [-0.39, 0.29) is 0 Å². The highest BCUT2D eigenvalue weighted by Crippen LogP contribution is 2.32. The number of fused-ring (bicyclic) bond motifs is 1. The van der Waals surface area contributed by atoms with Crippen molar-refractivity contribution in [2.24, 2.45) is 0 Å². The molecule has 2 aromatic rings. The van der Waals surface area contributed by atoms with Crippen molar-refractivity contribution in [2.75, 3.05) is 11.4 Å². The van der Waals surface area contributed by atoms with Crippen LogP contribution >= 0.6 is 0 Å². The number of rotatable bonds is 1. The molecule has 3 nitrogen and oxygen atoms in total. The van der Waals surface area contributed by atoms with Crippen LogP contribution in [0, 0.1) is 6.92 Å². The van der Waals surface area contributed by atoms with Crippen molar-refractivity contribution in [3.8, 4) is 0 Å². The Morgan fingerprint density at radius 1 is 1.24 bits per heavy atom. The normalized spacial score (nSPS) is 14.5. The molecule has 0 atom stereocenters. The summed E-state index contributed by atoms with van der Waals surface area (Å²) < 4.78 is 0. The molecular weight excluding hydrogens is 210 g/mol. The van der Waals surface area contributed by atoms with Crippen LogP contribution < -0.4 is 4.90 Å². The maximum atomic E-state index is 4.34. The van der Waals surface area contributed by atoms with Crippen molar-refractivity contribution in [2.45, 2.75) is 19.8 Å². The number of nitrogens with zero attached hydrogens (tertiary/aromatic N) is 3. The Labute approximate surface area is 101 Å². The second kappa shape index (κ2) is 4.17. The Morgan fingerprint density at radius 3 is 3.00 bits per heavy atom. The van der Waals surface area contributed by atoms with E-state index >= 15 is 0 Å². The summed E-state index contributed by atoms with van der Waals surface area (Å²) in [7, 11) is 0.